The second-order valence-corrected chi connectivity index (χ2v) is 4.90. The van der Waals surface area contributed by atoms with E-state index < -0.39 is 0 Å². The summed E-state index contributed by atoms with van der Waals surface area (Å²) >= 11 is 0. The van der Waals surface area contributed by atoms with Gasteiger partial charge in [0.25, 0.3) is 0 Å². The van der Waals surface area contributed by atoms with Gasteiger partial charge in [-0.1, -0.05) is 42.5 Å². The molecule has 3 nitrogen and oxygen atoms in total. The van der Waals surface area contributed by atoms with Crippen LogP contribution < -0.4 is 4.74 Å². The third kappa shape index (κ3) is 3.51. The first kappa shape index (κ1) is 13.4. The number of carbonyl (C=O) groups is 1. The highest BCUT2D eigenvalue weighted by Gasteiger charge is 2.17. The molecule has 3 heteroatoms. The number of rotatable bonds is 4. The minimum Gasteiger partial charge on any atom is -0.489 e. The standard InChI is InChI=1S/C18H16O3/c19-18-16(10-11-20-18)12-14-6-8-17(9-7-14)21-13-15-4-2-1-3-5-15/h1-9,12H,10-11,13H2/b16-12-. The molecule has 0 bridgehead atoms. The molecule has 3 rings (SSSR count). The molecular formula is C18H16O3. The van der Waals surface area contributed by atoms with Crippen LogP contribution in [0.5, 0.6) is 5.75 Å². The summed E-state index contributed by atoms with van der Waals surface area (Å²) in [5.41, 5.74) is 2.85. The lowest BCUT2D eigenvalue weighted by Crippen LogP contribution is -1.95. The Hall–Kier alpha value is -2.55. The van der Waals surface area contributed by atoms with Gasteiger partial charge >= 0.3 is 5.97 Å². The monoisotopic (exact) mass is 280 g/mol. The number of carbonyl (C=O) groups excluding carboxylic acids is 1. The fourth-order valence-corrected chi connectivity index (χ4v) is 2.18. The largest absolute Gasteiger partial charge is 0.489 e. The highest BCUT2D eigenvalue weighted by molar-refractivity contribution is 5.95. The molecule has 0 unspecified atom stereocenters. The molecule has 2 aromatic carbocycles. The summed E-state index contributed by atoms with van der Waals surface area (Å²) < 4.78 is 10.6. The highest BCUT2D eigenvalue weighted by atomic mass is 16.5. The van der Waals surface area contributed by atoms with Gasteiger partial charge in [-0.25, -0.2) is 4.79 Å². The normalized spacial score (nSPS) is 16.0. The second-order valence-electron chi connectivity index (χ2n) is 4.90. The Bertz CT molecular complexity index is 642. The van der Waals surface area contributed by atoms with Gasteiger partial charge in [0.15, 0.2) is 0 Å². The summed E-state index contributed by atoms with van der Waals surface area (Å²) in [6.07, 6.45) is 2.56. The van der Waals surface area contributed by atoms with E-state index in [2.05, 4.69) is 0 Å². The molecule has 21 heavy (non-hydrogen) atoms. The Morgan fingerprint density at radius 3 is 2.48 bits per heavy atom. The van der Waals surface area contributed by atoms with E-state index >= 15 is 0 Å². The van der Waals surface area contributed by atoms with Crippen LogP contribution in [-0.4, -0.2) is 12.6 Å². The fourth-order valence-electron chi connectivity index (χ4n) is 2.18. The topological polar surface area (TPSA) is 35.5 Å². The molecule has 1 heterocycles. The molecule has 0 spiro atoms. The van der Waals surface area contributed by atoms with Gasteiger partial charge in [-0.2, -0.15) is 0 Å². The van der Waals surface area contributed by atoms with Crippen LogP contribution in [0.25, 0.3) is 6.08 Å². The van der Waals surface area contributed by atoms with E-state index in [-0.39, 0.29) is 5.97 Å². The first-order chi connectivity index (χ1) is 10.3. The number of benzene rings is 2. The highest BCUT2D eigenvalue weighted by Crippen LogP contribution is 2.20. The third-order valence-electron chi connectivity index (χ3n) is 3.34. The predicted molar refractivity (Wildman–Crippen MR) is 80.8 cm³/mol. The van der Waals surface area contributed by atoms with E-state index in [9.17, 15) is 4.79 Å². The lowest BCUT2D eigenvalue weighted by Gasteiger charge is -2.06. The van der Waals surface area contributed by atoms with Crippen LogP contribution in [0.3, 0.4) is 0 Å². The lowest BCUT2D eigenvalue weighted by atomic mass is 10.1. The van der Waals surface area contributed by atoms with Crippen LogP contribution in [0.1, 0.15) is 17.5 Å². The van der Waals surface area contributed by atoms with Gasteiger partial charge in [-0.3, -0.25) is 0 Å². The van der Waals surface area contributed by atoms with E-state index in [0.717, 1.165) is 22.4 Å². The first-order valence-electron chi connectivity index (χ1n) is 6.96. The Balaban J connectivity index is 1.63. The zero-order valence-electron chi connectivity index (χ0n) is 11.6. The van der Waals surface area contributed by atoms with E-state index in [1.807, 2.05) is 60.7 Å². The Kier molecular flexibility index (Phi) is 4.01. The third-order valence-corrected chi connectivity index (χ3v) is 3.34. The molecule has 0 N–H and O–H groups in total. The minimum absolute atomic E-state index is 0.209. The summed E-state index contributed by atoms with van der Waals surface area (Å²) in [5, 5.41) is 0. The maximum atomic E-state index is 11.4. The van der Waals surface area contributed by atoms with Gasteiger partial charge in [0, 0.05) is 12.0 Å². The number of esters is 1. The molecule has 1 saturated heterocycles. The van der Waals surface area contributed by atoms with Crippen molar-refractivity contribution in [3.8, 4) is 5.75 Å². The summed E-state index contributed by atoms with van der Waals surface area (Å²) in [6.45, 7) is 1.04. The Labute approximate surface area is 123 Å². The van der Waals surface area contributed by atoms with Crippen LogP contribution >= 0.6 is 0 Å². The van der Waals surface area contributed by atoms with Crippen molar-refractivity contribution < 1.29 is 14.3 Å². The van der Waals surface area contributed by atoms with Gasteiger partial charge in [0.1, 0.15) is 12.4 Å². The van der Waals surface area contributed by atoms with Crippen LogP contribution in [0.15, 0.2) is 60.2 Å². The lowest BCUT2D eigenvalue weighted by molar-refractivity contribution is -0.134. The maximum absolute atomic E-state index is 11.4. The van der Waals surface area contributed by atoms with Crippen molar-refractivity contribution >= 4 is 12.0 Å². The quantitative estimate of drug-likeness (QED) is 0.634. The molecule has 1 aliphatic rings. The molecule has 0 aromatic heterocycles. The van der Waals surface area contributed by atoms with Crippen LogP contribution in [0, 0.1) is 0 Å². The second kappa shape index (κ2) is 6.27. The fraction of sp³-hybridized carbons (Fsp3) is 0.167. The van der Waals surface area contributed by atoms with Gasteiger partial charge in [-0.05, 0) is 29.3 Å². The van der Waals surface area contributed by atoms with E-state index in [1.54, 1.807) is 0 Å². The van der Waals surface area contributed by atoms with Crippen molar-refractivity contribution in [2.24, 2.45) is 0 Å². The number of hydrogen-bond donors (Lipinski definition) is 0. The molecule has 2 aromatic rings. The summed E-state index contributed by atoms with van der Waals surface area (Å²) in [5.74, 6) is 0.606. The molecule has 0 radical (unpaired) electrons. The van der Waals surface area contributed by atoms with E-state index in [0.29, 0.717) is 19.6 Å². The SMILES string of the molecule is O=C1OCC/C1=C/c1ccc(OCc2ccccc2)cc1. The van der Waals surface area contributed by atoms with Crippen molar-refractivity contribution in [3.05, 3.63) is 71.3 Å². The molecular weight excluding hydrogens is 264 g/mol. The zero-order chi connectivity index (χ0) is 14.5. The average Bonchev–Trinajstić information content (AvgIpc) is 2.93. The molecule has 0 atom stereocenters. The predicted octanol–water partition coefficient (Wildman–Crippen LogP) is 3.60. The van der Waals surface area contributed by atoms with Crippen LogP contribution in [-0.2, 0) is 16.1 Å². The smallest absolute Gasteiger partial charge is 0.334 e. The number of ether oxygens (including phenoxy) is 2. The summed E-state index contributed by atoms with van der Waals surface area (Å²) in [6, 6.07) is 17.8. The maximum Gasteiger partial charge on any atom is 0.334 e. The van der Waals surface area contributed by atoms with Crippen LogP contribution in [0.4, 0.5) is 0 Å². The minimum atomic E-state index is -0.209. The average molecular weight is 280 g/mol. The van der Waals surface area contributed by atoms with Gasteiger partial charge in [0.05, 0.1) is 6.61 Å². The molecule has 106 valence electrons. The van der Waals surface area contributed by atoms with Gasteiger partial charge in [-0.15, -0.1) is 0 Å². The van der Waals surface area contributed by atoms with Gasteiger partial charge in [0.2, 0.25) is 0 Å². The van der Waals surface area contributed by atoms with E-state index in [4.69, 9.17) is 9.47 Å². The number of hydrogen-bond acceptors (Lipinski definition) is 3. The van der Waals surface area contributed by atoms with E-state index in [1.165, 1.54) is 0 Å². The van der Waals surface area contributed by atoms with Crippen LogP contribution in [0.2, 0.25) is 0 Å². The van der Waals surface area contributed by atoms with Crippen molar-refractivity contribution in [2.45, 2.75) is 13.0 Å². The first-order valence-corrected chi connectivity index (χ1v) is 6.96. The van der Waals surface area contributed by atoms with Crippen molar-refractivity contribution in [3.63, 3.8) is 0 Å². The number of cyclic esters (lactones) is 1. The zero-order valence-corrected chi connectivity index (χ0v) is 11.6. The molecule has 0 saturated carbocycles. The summed E-state index contributed by atoms with van der Waals surface area (Å²) in [4.78, 5) is 11.4. The molecule has 0 aliphatic carbocycles. The van der Waals surface area contributed by atoms with Crippen molar-refractivity contribution in [2.75, 3.05) is 6.61 Å². The molecule has 1 fully saturated rings. The molecule has 0 amide bonds. The Morgan fingerprint density at radius 2 is 1.81 bits per heavy atom. The Morgan fingerprint density at radius 1 is 1.05 bits per heavy atom. The van der Waals surface area contributed by atoms with Crippen molar-refractivity contribution in [1.29, 1.82) is 0 Å². The van der Waals surface area contributed by atoms with Gasteiger partial charge < -0.3 is 9.47 Å². The van der Waals surface area contributed by atoms with Crippen molar-refractivity contribution in [1.82, 2.24) is 0 Å². The summed E-state index contributed by atoms with van der Waals surface area (Å²) in [7, 11) is 0. The molecule has 1 aliphatic heterocycles.